The molecule has 0 radical (unpaired) electrons. The summed E-state index contributed by atoms with van der Waals surface area (Å²) in [4.78, 5) is 9.54. The van der Waals surface area contributed by atoms with E-state index in [0.29, 0.717) is 0 Å². The molecule has 0 saturated carbocycles. The summed E-state index contributed by atoms with van der Waals surface area (Å²) in [6, 6.07) is 0. The first-order chi connectivity index (χ1) is 3.27. The van der Waals surface area contributed by atoms with Gasteiger partial charge in [0.15, 0.2) is 16.3 Å². The lowest BCUT2D eigenvalue weighted by molar-refractivity contribution is -0.129. The second kappa shape index (κ2) is 9.34. The van der Waals surface area contributed by atoms with Crippen molar-refractivity contribution < 1.29 is 8.62 Å². The van der Waals surface area contributed by atoms with Crippen LogP contribution >= 0.6 is 16.3 Å². The van der Waals surface area contributed by atoms with Gasteiger partial charge in [0.1, 0.15) is 0 Å². The molecule has 0 N–H and O–H groups in total. The summed E-state index contributed by atoms with van der Waals surface area (Å²) < 4.78 is 3.92. The number of rotatable bonds is 0. The van der Waals surface area contributed by atoms with Crippen molar-refractivity contribution in [2.24, 2.45) is 0 Å². The maximum absolute atomic E-state index is 9.54. The molecule has 0 aliphatic heterocycles. The smallest absolute Gasteiger partial charge is 0.314 e. The summed E-state index contributed by atoms with van der Waals surface area (Å²) in [6.45, 7) is 5.31. The summed E-state index contributed by atoms with van der Waals surface area (Å²) in [5.74, 6) is -0.329. The molecule has 0 aliphatic rings. The van der Waals surface area contributed by atoms with Crippen molar-refractivity contribution in [3.63, 3.8) is 0 Å². The van der Waals surface area contributed by atoms with Crippen LogP contribution in [0.25, 0.3) is 0 Å². The molecule has 3 heteroatoms. The van der Waals surface area contributed by atoms with E-state index in [1.54, 1.807) is 0 Å². The first-order valence-electron chi connectivity index (χ1n) is 2.06. The number of hydrogen-bond acceptors (Lipinski definition) is 2. The zero-order valence-corrected chi connectivity index (χ0v) is 6.28. The second-order valence-corrected chi connectivity index (χ2v) is 0.892. The summed E-state index contributed by atoms with van der Waals surface area (Å²) in [6.07, 6.45) is 0. The predicted molar refractivity (Wildman–Crippen MR) is 32.0 cm³/mol. The van der Waals surface area contributed by atoms with E-state index in [2.05, 4.69) is 20.1 Å². The Labute approximate surface area is 52.3 Å². The van der Waals surface area contributed by atoms with Crippen LogP contribution in [0.2, 0.25) is 0 Å². The van der Waals surface area contributed by atoms with Crippen LogP contribution in [0.3, 0.4) is 0 Å². The fourth-order valence-electron chi connectivity index (χ4n) is 0. The van der Waals surface area contributed by atoms with Gasteiger partial charge in [0.05, 0.1) is 0 Å². The average Bonchev–Trinajstić information content (AvgIpc) is 1.73. The molecule has 0 rings (SSSR count). The maximum Gasteiger partial charge on any atom is 0.314 e. The van der Waals surface area contributed by atoms with E-state index < -0.39 is 0 Å². The zero-order chi connectivity index (χ0) is 6.28. The highest BCUT2D eigenvalue weighted by molar-refractivity contribution is 9.06. The third-order valence-corrected chi connectivity index (χ3v) is 0.565. The molecule has 0 fully saturated rings. The Hall–Kier alpha value is -0.0500. The van der Waals surface area contributed by atoms with Gasteiger partial charge >= 0.3 is 5.97 Å². The fraction of sp³-hybridized carbons (Fsp3) is 0.750. The SMILES string of the molecule is CC.CC(=O)OBr. The Kier molecular flexibility index (Phi) is 13.4. The number of halogens is 1. The van der Waals surface area contributed by atoms with Crippen molar-refractivity contribution in [1.82, 2.24) is 0 Å². The summed E-state index contributed by atoms with van der Waals surface area (Å²) in [5, 5.41) is 0. The lowest BCUT2D eigenvalue weighted by Crippen LogP contribution is -1.82. The fourth-order valence-corrected chi connectivity index (χ4v) is 0. The molecular weight excluding hydrogens is 160 g/mol. The third kappa shape index (κ3) is 24.4. The van der Waals surface area contributed by atoms with Gasteiger partial charge in [-0.1, -0.05) is 13.8 Å². The molecule has 0 aromatic heterocycles. The zero-order valence-electron chi connectivity index (χ0n) is 4.69. The molecule has 7 heavy (non-hydrogen) atoms. The minimum Gasteiger partial charge on any atom is -0.384 e. The van der Waals surface area contributed by atoms with Crippen LogP contribution in [0.1, 0.15) is 20.8 Å². The average molecular weight is 169 g/mol. The van der Waals surface area contributed by atoms with Crippen molar-refractivity contribution in [1.29, 1.82) is 0 Å². The number of carbonyl (C=O) groups excluding carboxylic acids is 1. The van der Waals surface area contributed by atoms with Crippen molar-refractivity contribution >= 4 is 22.2 Å². The summed E-state index contributed by atoms with van der Waals surface area (Å²) in [7, 11) is 0. The van der Waals surface area contributed by atoms with Crippen LogP contribution in [0.5, 0.6) is 0 Å². The van der Waals surface area contributed by atoms with Crippen molar-refractivity contribution in [2.75, 3.05) is 0 Å². The van der Waals surface area contributed by atoms with Crippen molar-refractivity contribution in [3.8, 4) is 0 Å². The van der Waals surface area contributed by atoms with Gasteiger partial charge in [0, 0.05) is 6.92 Å². The van der Waals surface area contributed by atoms with Crippen LogP contribution < -0.4 is 0 Å². The largest absolute Gasteiger partial charge is 0.384 e. The summed E-state index contributed by atoms with van der Waals surface area (Å²) in [5.41, 5.74) is 0. The van der Waals surface area contributed by atoms with Crippen molar-refractivity contribution in [3.05, 3.63) is 0 Å². The molecule has 0 heterocycles. The van der Waals surface area contributed by atoms with Gasteiger partial charge in [-0.25, -0.2) is 0 Å². The van der Waals surface area contributed by atoms with E-state index >= 15 is 0 Å². The molecule has 0 saturated heterocycles. The first-order valence-corrected chi connectivity index (χ1v) is 2.71. The number of hydrogen-bond donors (Lipinski definition) is 0. The molecular formula is C4H9BrO2. The number of carbonyl (C=O) groups is 1. The van der Waals surface area contributed by atoms with Crippen molar-refractivity contribution in [2.45, 2.75) is 20.8 Å². The minimum atomic E-state index is -0.329. The molecule has 0 bridgehead atoms. The van der Waals surface area contributed by atoms with Crippen LogP contribution in [0.4, 0.5) is 0 Å². The van der Waals surface area contributed by atoms with Gasteiger partial charge in [-0.2, -0.15) is 0 Å². The van der Waals surface area contributed by atoms with Gasteiger partial charge < -0.3 is 3.83 Å². The van der Waals surface area contributed by atoms with Crippen LogP contribution in [0.15, 0.2) is 0 Å². The molecule has 0 aromatic carbocycles. The predicted octanol–water partition coefficient (Wildman–Crippen LogP) is 1.89. The Morgan fingerprint density at radius 3 is 1.71 bits per heavy atom. The summed E-state index contributed by atoms with van der Waals surface area (Å²) >= 11 is 2.46. The Balaban J connectivity index is 0. The molecule has 0 unspecified atom stereocenters. The Bertz CT molecular complexity index is 45.0. The molecule has 2 nitrogen and oxygen atoms in total. The minimum absolute atomic E-state index is 0.329. The maximum atomic E-state index is 9.54. The molecule has 0 atom stereocenters. The van der Waals surface area contributed by atoms with Gasteiger partial charge in [0.2, 0.25) is 0 Å². The van der Waals surface area contributed by atoms with Crippen LogP contribution in [-0.2, 0) is 8.62 Å². The lowest BCUT2D eigenvalue weighted by atomic mass is 10.9. The van der Waals surface area contributed by atoms with E-state index in [-0.39, 0.29) is 5.97 Å². The third-order valence-electron chi connectivity index (χ3n) is 0.109. The normalized spacial score (nSPS) is 5.71. The molecule has 0 amide bonds. The van der Waals surface area contributed by atoms with E-state index in [0.717, 1.165) is 0 Å². The molecule has 0 spiro atoms. The Morgan fingerprint density at radius 2 is 1.71 bits per heavy atom. The van der Waals surface area contributed by atoms with E-state index in [4.69, 9.17) is 0 Å². The van der Waals surface area contributed by atoms with E-state index in [1.165, 1.54) is 6.92 Å². The Morgan fingerprint density at radius 1 is 1.57 bits per heavy atom. The standard InChI is InChI=1S/C2H3BrO2.C2H6/c1-2(4)5-3;1-2/h1H3;1-2H3. The lowest BCUT2D eigenvalue weighted by Gasteiger charge is -1.75. The topological polar surface area (TPSA) is 26.3 Å². The van der Waals surface area contributed by atoms with Crippen LogP contribution in [0, 0.1) is 0 Å². The van der Waals surface area contributed by atoms with Gasteiger partial charge in [-0.3, -0.25) is 4.79 Å². The van der Waals surface area contributed by atoms with E-state index in [9.17, 15) is 4.79 Å². The molecule has 44 valence electrons. The highest BCUT2D eigenvalue weighted by Crippen LogP contribution is 1.80. The quantitative estimate of drug-likeness (QED) is 0.553. The molecule has 0 aliphatic carbocycles. The highest BCUT2D eigenvalue weighted by Gasteiger charge is 1.78. The van der Waals surface area contributed by atoms with Gasteiger partial charge in [-0.05, 0) is 0 Å². The van der Waals surface area contributed by atoms with Gasteiger partial charge in [0.25, 0.3) is 0 Å². The first kappa shape index (κ1) is 10.0. The second-order valence-electron chi connectivity index (χ2n) is 0.569. The monoisotopic (exact) mass is 168 g/mol. The highest BCUT2D eigenvalue weighted by atomic mass is 79.9. The van der Waals surface area contributed by atoms with Gasteiger partial charge in [-0.15, -0.1) is 0 Å². The molecule has 0 aromatic rings. The van der Waals surface area contributed by atoms with Crippen LogP contribution in [-0.4, -0.2) is 5.97 Å². The van der Waals surface area contributed by atoms with E-state index in [1.807, 2.05) is 13.8 Å².